The van der Waals surface area contributed by atoms with E-state index in [-0.39, 0.29) is 41.6 Å². The lowest BCUT2D eigenvalue weighted by molar-refractivity contribution is 0.666. The normalized spacial score (nSPS) is 13.4. The third-order valence-corrected chi connectivity index (χ3v) is 9.23. The predicted octanol–water partition coefficient (Wildman–Crippen LogP) is 12.5. The average molecular weight is 616 g/mol. The number of furan rings is 1. The standard InChI is InChI=1S/C44H38N2O/c1-27(2)37-25-32(30-15-8-6-9-16-30)26-38(28(3)4)41(37)46-40-22-13-12-21-39(40)45-44(46)36-20-14-19-34-35-24-23-33(31-17-10-7-11-18-31)29(5)42(35)47-43(34)36/h6-28H,1-5H3/i7D,10D,11D,17D,18D. The van der Waals surface area contributed by atoms with E-state index in [1.54, 1.807) is 0 Å². The lowest BCUT2D eigenvalue weighted by Gasteiger charge is -2.24. The molecule has 0 aliphatic rings. The van der Waals surface area contributed by atoms with E-state index in [1.165, 1.54) is 22.3 Å². The van der Waals surface area contributed by atoms with E-state index < -0.39 is 6.04 Å². The van der Waals surface area contributed by atoms with E-state index in [1.807, 2.05) is 49.4 Å². The van der Waals surface area contributed by atoms with Crippen LogP contribution in [0.4, 0.5) is 0 Å². The Balaban J connectivity index is 1.42. The van der Waals surface area contributed by atoms with Gasteiger partial charge in [0.05, 0.1) is 29.1 Å². The van der Waals surface area contributed by atoms with Crippen LogP contribution < -0.4 is 0 Å². The van der Waals surface area contributed by atoms with Gasteiger partial charge in [0.25, 0.3) is 0 Å². The SMILES string of the molecule is [2H]c1c([2H])c([2H])c(-c2ccc3c(oc4c(-c5nc6ccccc6n5-c5c(C(C)C)cc(-c6ccccc6)cc5C(C)C)cccc43)c2C)c([2H])c1[2H]. The quantitative estimate of drug-likeness (QED) is 0.186. The van der Waals surface area contributed by atoms with Gasteiger partial charge in [-0.2, -0.15) is 0 Å². The second-order valence-corrected chi connectivity index (χ2v) is 12.8. The summed E-state index contributed by atoms with van der Waals surface area (Å²) in [6, 6.07) is 31.7. The fourth-order valence-corrected chi connectivity index (χ4v) is 6.88. The highest BCUT2D eigenvalue weighted by Crippen LogP contribution is 2.43. The van der Waals surface area contributed by atoms with Crippen LogP contribution in [0.25, 0.3) is 72.3 Å². The van der Waals surface area contributed by atoms with E-state index in [4.69, 9.17) is 16.3 Å². The maximum atomic E-state index is 8.63. The summed E-state index contributed by atoms with van der Waals surface area (Å²) in [5.74, 6) is 1.20. The summed E-state index contributed by atoms with van der Waals surface area (Å²) in [5, 5.41) is 1.79. The molecular formula is C44H38N2O. The first-order chi connectivity index (χ1) is 25.0. The highest BCUT2D eigenvalue weighted by molar-refractivity contribution is 6.11. The molecule has 230 valence electrons. The minimum absolute atomic E-state index is 0.161. The fraction of sp³-hybridized carbons (Fsp3) is 0.159. The molecule has 2 heterocycles. The van der Waals surface area contributed by atoms with Crippen molar-refractivity contribution in [1.82, 2.24) is 9.55 Å². The van der Waals surface area contributed by atoms with Gasteiger partial charge in [-0.3, -0.25) is 4.57 Å². The number of imidazole rings is 1. The van der Waals surface area contributed by atoms with Gasteiger partial charge in [-0.05, 0) is 88.5 Å². The monoisotopic (exact) mass is 615 g/mol. The van der Waals surface area contributed by atoms with Gasteiger partial charge in [-0.25, -0.2) is 4.98 Å². The molecular weight excluding hydrogens is 572 g/mol. The molecule has 0 spiro atoms. The van der Waals surface area contributed by atoms with Crippen LogP contribution >= 0.6 is 0 Å². The molecule has 0 saturated heterocycles. The third-order valence-electron chi connectivity index (χ3n) is 9.23. The first-order valence-electron chi connectivity index (χ1n) is 18.7. The van der Waals surface area contributed by atoms with Gasteiger partial charge in [0.2, 0.25) is 0 Å². The fourth-order valence-electron chi connectivity index (χ4n) is 6.88. The van der Waals surface area contributed by atoms with Crippen LogP contribution in [-0.2, 0) is 0 Å². The van der Waals surface area contributed by atoms with Crippen molar-refractivity contribution in [3.05, 3.63) is 144 Å². The Morgan fingerprint density at radius 1 is 0.638 bits per heavy atom. The van der Waals surface area contributed by atoms with Crippen molar-refractivity contribution in [2.24, 2.45) is 0 Å². The van der Waals surface area contributed by atoms with Crippen molar-refractivity contribution in [3.8, 4) is 39.3 Å². The van der Waals surface area contributed by atoms with E-state index >= 15 is 0 Å². The summed E-state index contributed by atoms with van der Waals surface area (Å²) in [4.78, 5) is 5.29. The Labute approximate surface area is 283 Å². The topological polar surface area (TPSA) is 31.0 Å². The highest BCUT2D eigenvalue weighted by Gasteiger charge is 2.25. The lowest BCUT2D eigenvalue weighted by Crippen LogP contribution is -2.09. The van der Waals surface area contributed by atoms with Crippen molar-refractivity contribution in [3.63, 3.8) is 0 Å². The molecule has 8 rings (SSSR count). The Hall–Kier alpha value is -5.41. The van der Waals surface area contributed by atoms with Gasteiger partial charge < -0.3 is 4.42 Å². The molecule has 0 fully saturated rings. The molecule has 0 N–H and O–H groups in total. The van der Waals surface area contributed by atoms with Gasteiger partial charge in [0.1, 0.15) is 17.0 Å². The molecule has 0 amide bonds. The van der Waals surface area contributed by atoms with E-state index in [0.29, 0.717) is 22.3 Å². The van der Waals surface area contributed by atoms with Crippen molar-refractivity contribution in [1.29, 1.82) is 0 Å². The molecule has 47 heavy (non-hydrogen) atoms. The summed E-state index contributed by atoms with van der Waals surface area (Å²) in [6.07, 6.45) is 0. The maximum absolute atomic E-state index is 8.63. The van der Waals surface area contributed by atoms with Crippen LogP contribution in [-0.4, -0.2) is 9.55 Å². The Morgan fingerprint density at radius 3 is 2.04 bits per heavy atom. The first kappa shape index (κ1) is 23.9. The minimum atomic E-state index is -0.412. The first-order valence-corrected chi connectivity index (χ1v) is 16.2. The van der Waals surface area contributed by atoms with Crippen LogP contribution in [0.5, 0.6) is 0 Å². The number of hydrogen-bond donors (Lipinski definition) is 0. The molecule has 3 nitrogen and oxygen atoms in total. The Kier molecular flexibility index (Phi) is 5.80. The van der Waals surface area contributed by atoms with E-state index in [0.717, 1.165) is 38.9 Å². The largest absolute Gasteiger partial charge is 0.455 e. The molecule has 0 bridgehead atoms. The number of aryl methyl sites for hydroxylation is 1. The minimum Gasteiger partial charge on any atom is -0.455 e. The van der Waals surface area contributed by atoms with Crippen LogP contribution in [0.15, 0.2) is 132 Å². The zero-order chi connectivity index (χ0) is 36.6. The lowest BCUT2D eigenvalue weighted by atomic mass is 9.88. The second kappa shape index (κ2) is 11.4. The van der Waals surface area contributed by atoms with Crippen molar-refractivity contribution < 1.29 is 11.3 Å². The third kappa shape index (κ3) is 4.77. The van der Waals surface area contributed by atoms with Crippen LogP contribution in [0.3, 0.4) is 0 Å². The van der Waals surface area contributed by atoms with Crippen molar-refractivity contribution in [2.45, 2.75) is 46.5 Å². The van der Waals surface area contributed by atoms with Gasteiger partial charge in [-0.15, -0.1) is 0 Å². The number of fused-ring (bicyclic) bond motifs is 4. The number of rotatable bonds is 6. The van der Waals surface area contributed by atoms with Gasteiger partial charge in [0.15, 0.2) is 0 Å². The Morgan fingerprint density at radius 2 is 1.32 bits per heavy atom. The molecule has 0 atom stereocenters. The maximum Gasteiger partial charge on any atom is 0.149 e. The van der Waals surface area contributed by atoms with E-state index in [9.17, 15) is 0 Å². The molecule has 0 saturated carbocycles. The molecule has 6 aromatic carbocycles. The molecule has 0 aliphatic heterocycles. The highest BCUT2D eigenvalue weighted by atomic mass is 16.3. The number of para-hydroxylation sites is 3. The van der Waals surface area contributed by atoms with Crippen LogP contribution in [0, 0.1) is 6.92 Å². The van der Waals surface area contributed by atoms with Crippen molar-refractivity contribution in [2.75, 3.05) is 0 Å². The summed E-state index contributed by atoms with van der Waals surface area (Å²) in [7, 11) is 0. The van der Waals surface area contributed by atoms with Gasteiger partial charge in [0, 0.05) is 16.3 Å². The average Bonchev–Trinajstić information content (AvgIpc) is 3.73. The molecule has 0 unspecified atom stereocenters. The molecule has 2 aromatic heterocycles. The summed E-state index contributed by atoms with van der Waals surface area (Å²) < 4.78 is 51.0. The van der Waals surface area contributed by atoms with Gasteiger partial charge >= 0.3 is 0 Å². The Bertz CT molecular complexity index is 2650. The predicted molar refractivity (Wildman–Crippen MR) is 198 cm³/mol. The molecule has 0 aliphatic carbocycles. The molecule has 0 radical (unpaired) electrons. The summed E-state index contributed by atoms with van der Waals surface area (Å²) in [5.41, 5.74) is 11.3. The number of aromatic nitrogens is 2. The number of nitrogens with zero attached hydrogens (tertiary/aromatic N) is 2. The number of hydrogen-bond acceptors (Lipinski definition) is 2. The van der Waals surface area contributed by atoms with Crippen LogP contribution in [0.2, 0.25) is 0 Å². The van der Waals surface area contributed by atoms with Crippen molar-refractivity contribution >= 4 is 33.0 Å². The number of benzene rings is 6. The van der Waals surface area contributed by atoms with Crippen LogP contribution in [0.1, 0.15) is 63.1 Å². The zero-order valence-corrected chi connectivity index (χ0v) is 27.2. The van der Waals surface area contributed by atoms with E-state index in [2.05, 4.69) is 86.9 Å². The molecule has 3 heteroatoms. The molecule has 8 aromatic rings. The second-order valence-electron chi connectivity index (χ2n) is 12.8. The smallest absolute Gasteiger partial charge is 0.149 e. The summed E-state index contributed by atoms with van der Waals surface area (Å²) >= 11 is 0. The summed E-state index contributed by atoms with van der Waals surface area (Å²) in [6.45, 7) is 10.9. The zero-order valence-electron chi connectivity index (χ0n) is 32.2. The van der Waals surface area contributed by atoms with Gasteiger partial charge in [-0.1, -0.05) is 119 Å².